The molecule has 3 nitrogen and oxygen atoms in total. The molecule has 0 atom stereocenters. The van der Waals surface area contributed by atoms with Crippen molar-refractivity contribution in [1.29, 1.82) is 0 Å². The number of aliphatic hydroxyl groups excluding tert-OH is 1. The first-order chi connectivity index (χ1) is 7.35. The lowest BCUT2D eigenvalue weighted by atomic mass is 10.3. The number of rotatable bonds is 3. The van der Waals surface area contributed by atoms with Crippen molar-refractivity contribution in [3.05, 3.63) is 35.0 Å². The highest BCUT2D eigenvalue weighted by Crippen LogP contribution is 2.26. The molecule has 0 aromatic carbocycles. The quantitative estimate of drug-likeness (QED) is 0.863. The smallest absolute Gasteiger partial charge is 0.142 e. The monoisotopic (exact) mass is 220 g/mol. The third kappa shape index (κ3) is 2.06. The molecular formula is C11H12N2OS. The SMILES string of the molecule is CCc1nc(-c2ccccn2)sc1CO. The second-order valence-corrected chi connectivity index (χ2v) is 4.20. The van der Waals surface area contributed by atoms with Crippen LogP contribution >= 0.6 is 11.3 Å². The molecule has 0 bridgehead atoms. The topological polar surface area (TPSA) is 46.0 Å². The van der Waals surface area contributed by atoms with Crippen LogP contribution in [0.2, 0.25) is 0 Å². The summed E-state index contributed by atoms with van der Waals surface area (Å²) in [5.74, 6) is 0. The molecule has 2 aromatic heterocycles. The first kappa shape index (κ1) is 10.3. The van der Waals surface area contributed by atoms with Gasteiger partial charge < -0.3 is 5.11 Å². The lowest BCUT2D eigenvalue weighted by molar-refractivity contribution is 0.284. The summed E-state index contributed by atoms with van der Waals surface area (Å²) in [6.07, 6.45) is 2.60. The van der Waals surface area contributed by atoms with Gasteiger partial charge in [-0.15, -0.1) is 11.3 Å². The fourth-order valence-corrected chi connectivity index (χ4v) is 2.37. The van der Waals surface area contributed by atoms with E-state index in [0.717, 1.165) is 27.7 Å². The molecule has 4 heteroatoms. The first-order valence-electron chi connectivity index (χ1n) is 4.86. The van der Waals surface area contributed by atoms with Gasteiger partial charge in [0.1, 0.15) is 5.01 Å². The van der Waals surface area contributed by atoms with Gasteiger partial charge >= 0.3 is 0 Å². The largest absolute Gasteiger partial charge is 0.391 e. The molecule has 0 fully saturated rings. The second-order valence-electron chi connectivity index (χ2n) is 3.12. The highest BCUT2D eigenvalue weighted by molar-refractivity contribution is 7.15. The first-order valence-corrected chi connectivity index (χ1v) is 5.67. The van der Waals surface area contributed by atoms with Crippen molar-refractivity contribution in [1.82, 2.24) is 9.97 Å². The minimum absolute atomic E-state index is 0.0632. The number of hydrogen-bond donors (Lipinski definition) is 1. The van der Waals surface area contributed by atoms with Crippen molar-refractivity contribution < 1.29 is 5.11 Å². The fourth-order valence-electron chi connectivity index (χ4n) is 1.38. The summed E-state index contributed by atoms with van der Waals surface area (Å²) >= 11 is 1.51. The second kappa shape index (κ2) is 4.51. The molecule has 0 spiro atoms. The Hall–Kier alpha value is -1.26. The van der Waals surface area contributed by atoms with E-state index in [1.165, 1.54) is 11.3 Å². The molecule has 78 valence electrons. The Labute approximate surface area is 92.5 Å². The maximum Gasteiger partial charge on any atom is 0.142 e. The summed E-state index contributed by atoms with van der Waals surface area (Å²) in [4.78, 5) is 9.65. The summed E-state index contributed by atoms with van der Waals surface area (Å²) in [5, 5.41) is 10.0. The Kier molecular flexibility index (Phi) is 3.08. The maximum atomic E-state index is 9.16. The van der Waals surface area contributed by atoms with Gasteiger partial charge in [-0.25, -0.2) is 4.98 Å². The Morgan fingerprint density at radius 1 is 1.40 bits per heavy atom. The molecule has 0 amide bonds. The maximum absolute atomic E-state index is 9.16. The summed E-state index contributed by atoms with van der Waals surface area (Å²) < 4.78 is 0. The molecule has 0 aliphatic heterocycles. The lowest BCUT2D eigenvalue weighted by Gasteiger charge is -1.92. The Balaban J connectivity index is 2.42. The zero-order valence-corrected chi connectivity index (χ0v) is 9.29. The number of aliphatic hydroxyl groups is 1. The number of pyridine rings is 1. The van der Waals surface area contributed by atoms with Crippen LogP contribution in [0.3, 0.4) is 0 Å². The van der Waals surface area contributed by atoms with Gasteiger partial charge in [0.15, 0.2) is 0 Å². The summed E-state index contributed by atoms with van der Waals surface area (Å²) in [7, 11) is 0. The Morgan fingerprint density at radius 2 is 2.27 bits per heavy atom. The summed E-state index contributed by atoms with van der Waals surface area (Å²) in [6.45, 7) is 2.10. The molecule has 2 rings (SSSR count). The van der Waals surface area contributed by atoms with E-state index in [1.54, 1.807) is 6.20 Å². The molecule has 0 saturated heterocycles. The van der Waals surface area contributed by atoms with Crippen LogP contribution in [0.25, 0.3) is 10.7 Å². The number of nitrogens with zero attached hydrogens (tertiary/aromatic N) is 2. The normalized spacial score (nSPS) is 10.5. The Morgan fingerprint density at radius 3 is 2.80 bits per heavy atom. The van der Waals surface area contributed by atoms with Crippen molar-refractivity contribution in [3.63, 3.8) is 0 Å². The van der Waals surface area contributed by atoms with Crippen LogP contribution in [-0.4, -0.2) is 15.1 Å². The Bertz CT molecular complexity index is 418. The average Bonchev–Trinajstić information content (AvgIpc) is 2.73. The van der Waals surface area contributed by atoms with Gasteiger partial charge in [0.05, 0.1) is 22.9 Å². The number of aryl methyl sites for hydroxylation is 1. The van der Waals surface area contributed by atoms with E-state index < -0.39 is 0 Å². The van der Waals surface area contributed by atoms with E-state index in [1.807, 2.05) is 25.1 Å². The summed E-state index contributed by atoms with van der Waals surface area (Å²) in [6, 6.07) is 5.75. The van der Waals surface area contributed by atoms with Crippen molar-refractivity contribution in [2.75, 3.05) is 0 Å². The van der Waals surface area contributed by atoms with Crippen molar-refractivity contribution >= 4 is 11.3 Å². The van der Waals surface area contributed by atoms with Crippen LogP contribution in [0.1, 0.15) is 17.5 Å². The van der Waals surface area contributed by atoms with E-state index in [0.29, 0.717) is 0 Å². The van der Waals surface area contributed by atoms with E-state index in [4.69, 9.17) is 5.11 Å². The van der Waals surface area contributed by atoms with Crippen LogP contribution in [0.15, 0.2) is 24.4 Å². The van der Waals surface area contributed by atoms with Gasteiger partial charge in [0.25, 0.3) is 0 Å². The van der Waals surface area contributed by atoms with E-state index in [2.05, 4.69) is 9.97 Å². The third-order valence-electron chi connectivity index (χ3n) is 2.14. The molecule has 2 aromatic rings. The van der Waals surface area contributed by atoms with E-state index in [9.17, 15) is 0 Å². The van der Waals surface area contributed by atoms with Gasteiger partial charge in [-0.3, -0.25) is 4.98 Å². The minimum Gasteiger partial charge on any atom is -0.391 e. The van der Waals surface area contributed by atoms with Crippen LogP contribution in [0, 0.1) is 0 Å². The van der Waals surface area contributed by atoms with Crippen LogP contribution < -0.4 is 0 Å². The third-order valence-corrected chi connectivity index (χ3v) is 3.25. The standard InChI is InChI=1S/C11H12N2OS/c1-2-8-10(7-14)15-11(13-8)9-5-3-4-6-12-9/h3-6,14H,2,7H2,1H3. The molecule has 0 radical (unpaired) electrons. The molecule has 0 aliphatic carbocycles. The lowest BCUT2D eigenvalue weighted by Crippen LogP contribution is -1.87. The van der Waals surface area contributed by atoms with Gasteiger partial charge in [0, 0.05) is 6.20 Å². The number of thiazole rings is 1. The van der Waals surface area contributed by atoms with Crippen LogP contribution in [0.4, 0.5) is 0 Å². The van der Waals surface area contributed by atoms with Gasteiger partial charge in [-0.2, -0.15) is 0 Å². The van der Waals surface area contributed by atoms with Gasteiger partial charge in [-0.1, -0.05) is 13.0 Å². The molecule has 1 N–H and O–H groups in total. The minimum atomic E-state index is 0.0632. The zero-order valence-electron chi connectivity index (χ0n) is 8.47. The molecule has 15 heavy (non-hydrogen) atoms. The average molecular weight is 220 g/mol. The molecule has 0 saturated carbocycles. The molecule has 0 aliphatic rings. The van der Waals surface area contributed by atoms with E-state index >= 15 is 0 Å². The highest BCUT2D eigenvalue weighted by atomic mass is 32.1. The van der Waals surface area contributed by atoms with Gasteiger partial charge in [-0.05, 0) is 18.6 Å². The van der Waals surface area contributed by atoms with Gasteiger partial charge in [0.2, 0.25) is 0 Å². The molecular weight excluding hydrogens is 208 g/mol. The van der Waals surface area contributed by atoms with Crippen LogP contribution in [0.5, 0.6) is 0 Å². The molecule has 0 unspecified atom stereocenters. The van der Waals surface area contributed by atoms with Crippen LogP contribution in [-0.2, 0) is 13.0 Å². The number of hydrogen-bond acceptors (Lipinski definition) is 4. The van der Waals surface area contributed by atoms with Crippen molar-refractivity contribution in [2.45, 2.75) is 20.0 Å². The predicted octanol–water partition coefficient (Wildman–Crippen LogP) is 2.26. The molecule has 2 heterocycles. The fraction of sp³-hybridized carbons (Fsp3) is 0.273. The zero-order chi connectivity index (χ0) is 10.7. The van der Waals surface area contributed by atoms with Crippen molar-refractivity contribution in [3.8, 4) is 10.7 Å². The highest BCUT2D eigenvalue weighted by Gasteiger charge is 2.10. The van der Waals surface area contributed by atoms with Crippen molar-refractivity contribution in [2.24, 2.45) is 0 Å². The summed E-state index contributed by atoms with van der Waals surface area (Å²) in [5.41, 5.74) is 1.85. The number of aromatic nitrogens is 2. The van der Waals surface area contributed by atoms with E-state index in [-0.39, 0.29) is 6.61 Å². The predicted molar refractivity (Wildman–Crippen MR) is 60.6 cm³/mol.